The van der Waals surface area contributed by atoms with Crippen LogP contribution in [0.2, 0.25) is 0 Å². The highest BCUT2D eigenvalue weighted by atomic mass is 32.2. The lowest BCUT2D eigenvalue weighted by Crippen LogP contribution is -2.31. The first-order valence-corrected chi connectivity index (χ1v) is 11.1. The van der Waals surface area contributed by atoms with Crippen molar-refractivity contribution in [2.24, 2.45) is 5.92 Å². The van der Waals surface area contributed by atoms with Crippen molar-refractivity contribution in [1.29, 1.82) is 0 Å². The molecule has 0 unspecified atom stereocenters. The Hall–Kier alpha value is -2.97. The molecule has 1 saturated heterocycles. The van der Waals surface area contributed by atoms with Crippen molar-refractivity contribution in [3.05, 3.63) is 75.0 Å². The summed E-state index contributed by atoms with van der Waals surface area (Å²) in [6.45, 7) is 6.53. The fourth-order valence-corrected chi connectivity index (χ4v) is 4.48. The van der Waals surface area contributed by atoms with Crippen molar-refractivity contribution in [1.82, 2.24) is 14.3 Å². The van der Waals surface area contributed by atoms with Crippen molar-refractivity contribution in [3.63, 3.8) is 0 Å². The van der Waals surface area contributed by atoms with Gasteiger partial charge in [-0.05, 0) is 48.7 Å². The maximum atomic E-state index is 13.3. The number of aryl methyl sites for hydroxylation is 1. The van der Waals surface area contributed by atoms with Crippen LogP contribution in [0.5, 0.6) is 11.6 Å². The standard InChI is InChI=1S/C23H21N3O3S2/c1-14(2)13-26-22(28)18(31-23(26)30)12-17-20(29-16-8-6-7-15(3)11-16)24-19-9-4-5-10-25(19)21(17)27/h4-12,14H,13H2,1-3H3/b18-12+. The summed E-state index contributed by atoms with van der Waals surface area (Å²) in [5, 5.41) is 0. The first-order valence-electron chi connectivity index (χ1n) is 9.85. The van der Waals surface area contributed by atoms with Crippen LogP contribution in [0.3, 0.4) is 0 Å². The number of pyridine rings is 1. The second kappa shape index (κ2) is 8.64. The Labute approximate surface area is 189 Å². The first kappa shape index (κ1) is 21.3. The summed E-state index contributed by atoms with van der Waals surface area (Å²) in [6.07, 6.45) is 3.18. The Bertz CT molecular complexity index is 1280. The molecule has 1 aliphatic rings. The van der Waals surface area contributed by atoms with Gasteiger partial charge in [-0.25, -0.2) is 0 Å². The number of carbonyl (C=O) groups is 1. The summed E-state index contributed by atoms with van der Waals surface area (Å²) >= 11 is 6.58. The second-order valence-corrected chi connectivity index (χ2v) is 9.35. The smallest absolute Gasteiger partial charge is 0.269 e. The summed E-state index contributed by atoms with van der Waals surface area (Å²) in [5.41, 5.74) is 1.36. The zero-order valence-electron chi connectivity index (χ0n) is 17.4. The molecule has 0 saturated carbocycles. The zero-order valence-corrected chi connectivity index (χ0v) is 19.0. The van der Waals surface area contributed by atoms with E-state index in [9.17, 15) is 9.59 Å². The van der Waals surface area contributed by atoms with Gasteiger partial charge in [0.05, 0.1) is 4.91 Å². The van der Waals surface area contributed by atoms with E-state index in [1.807, 2.05) is 39.0 Å². The predicted molar refractivity (Wildman–Crippen MR) is 127 cm³/mol. The zero-order chi connectivity index (χ0) is 22.1. The Morgan fingerprint density at radius 3 is 2.74 bits per heavy atom. The van der Waals surface area contributed by atoms with E-state index >= 15 is 0 Å². The Morgan fingerprint density at radius 1 is 1.19 bits per heavy atom. The number of aromatic nitrogens is 2. The first-order chi connectivity index (χ1) is 14.8. The summed E-state index contributed by atoms with van der Waals surface area (Å²) in [7, 11) is 0. The molecule has 0 aliphatic carbocycles. The van der Waals surface area contributed by atoms with E-state index in [4.69, 9.17) is 17.0 Å². The van der Waals surface area contributed by atoms with E-state index in [1.165, 1.54) is 16.2 Å². The molecule has 1 aromatic carbocycles. The van der Waals surface area contributed by atoms with Crippen LogP contribution in [0, 0.1) is 12.8 Å². The molecular weight excluding hydrogens is 430 g/mol. The number of carbonyl (C=O) groups excluding carboxylic acids is 1. The van der Waals surface area contributed by atoms with Crippen LogP contribution in [-0.4, -0.2) is 31.1 Å². The molecule has 0 N–H and O–H groups in total. The molecule has 1 aliphatic heterocycles. The minimum Gasteiger partial charge on any atom is -0.438 e. The van der Waals surface area contributed by atoms with Crippen molar-refractivity contribution >= 4 is 45.9 Å². The number of thioether (sulfide) groups is 1. The normalized spacial score (nSPS) is 15.5. The van der Waals surface area contributed by atoms with Crippen LogP contribution in [0.15, 0.2) is 58.4 Å². The van der Waals surface area contributed by atoms with Gasteiger partial charge >= 0.3 is 0 Å². The lowest BCUT2D eigenvalue weighted by atomic mass is 10.2. The SMILES string of the molecule is Cc1cccc(Oc2nc3ccccn3c(=O)c2/C=C2/SC(=S)N(CC(C)C)C2=O)c1. The van der Waals surface area contributed by atoms with E-state index in [2.05, 4.69) is 4.98 Å². The molecule has 6 nitrogen and oxygen atoms in total. The monoisotopic (exact) mass is 451 g/mol. The highest BCUT2D eigenvalue weighted by molar-refractivity contribution is 8.26. The van der Waals surface area contributed by atoms with E-state index in [1.54, 1.807) is 41.4 Å². The fraction of sp³-hybridized carbons (Fsp3) is 0.217. The molecule has 3 aromatic rings. The summed E-state index contributed by atoms with van der Waals surface area (Å²) in [6, 6.07) is 12.8. The van der Waals surface area contributed by atoms with E-state index in [0.717, 1.165) is 5.56 Å². The highest BCUT2D eigenvalue weighted by Crippen LogP contribution is 2.34. The Kier molecular flexibility index (Phi) is 5.93. The van der Waals surface area contributed by atoms with Gasteiger partial charge in [0.1, 0.15) is 21.3 Å². The van der Waals surface area contributed by atoms with Gasteiger partial charge in [-0.3, -0.25) is 18.9 Å². The van der Waals surface area contributed by atoms with Crippen LogP contribution in [-0.2, 0) is 4.79 Å². The lowest BCUT2D eigenvalue weighted by molar-refractivity contribution is -0.122. The van der Waals surface area contributed by atoms with Gasteiger partial charge in [0.2, 0.25) is 5.88 Å². The largest absolute Gasteiger partial charge is 0.438 e. The number of ether oxygens (including phenoxy) is 1. The molecule has 3 heterocycles. The number of thiocarbonyl (C=S) groups is 1. The fourth-order valence-electron chi connectivity index (χ4n) is 3.23. The third kappa shape index (κ3) is 4.40. The highest BCUT2D eigenvalue weighted by Gasteiger charge is 2.33. The van der Waals surface area contributed by atoms with Gasteiger partial charge < -0.3 is 4.74 Å². The topological polar surface area (TPSA) is 63.9 Å². The van der Waals surface area contributed by atoms with Crippen molar-refractivity contribution in [2.75, 3.05) is 6.54 Å². The molecule has 0 atom stereocenters. The van der Waals surface area contributed by atoms with E-state index in [-0.39, 0.29) is 28.8 Å². The minimum atomic E-state index is -0.317. The van der Waals surface area contributed by atoms with E-state index < -0.39 is 0 Å². The van der Waals surface area contributed by atoms with Gasteiger partial charge in [0, 0.05) is 12.7 Å². The number of benzene rings is 1. The van der Waals surface area contributed by atoms with Crippen LogP contribution >= 0.6 is 24.0 Å². The second-order valence-electron chi connectivity index (χ2n) is 7.67. The third-order valence-electron chi connectivity index (χ3n) is 4.63. The predicted octanol–water partition coefficient (Wildman–Crippen LogP) is 4.65. The molecule has 1 fully saturated rings. The van der Waals surface area contributed by atoms with Crippen molar-refractivity contribution < 1.29 is 9.53 Å². The third-order valence-corrected chi connectivity index (χ3v) is 6.01. The molecule has 2 aromatic heterocycles. The van der Waals surface area contributed by atoms with Crippen LogP contribution in [0.25, 0.3) is 11.7 Å². The lowest BCUT2D eigenvalue weighted by Gasteiger charge is -2.16. The van der Waals surface area contributed by atoms with Crippen LogP contribution in [0.1, 0.15) is 25.0 Å². The number of amides is 1. The molecule has 4 rings (SSSR count). The van der Waals surface area contributed by atoms with Crippen LogP contribution in [0.4, 0.5) is 0 Å². The van der Waals surface area contributed by atoms with Gasteiger partial charge in [0.25, 0.3) is 11.5 Å². The summed E-state index contributed by atoms with van der Waals surface area (Å²) in [5.74, 6) is 0.780. The van der Waals surface area contributed by atoms with Gasteiger partial charge in [-0.2, -0.15) is 4.98 Å². The quantitative estimate of drug-likeness (QED) is 0.416. The molecule has 158 valence electrons. The van der Waals surface area contributed by atoms with Gasteiger partial charge in [0.15, 0.2) is 0 Å². The average molecular weight is 452 g/mol. The minimum absolute atomic E-state index is 0.149. The maximum Gasteiger partial charge on any atom is 0.269 e. The molecule has 8 heteroatoms. The summed E-state index contributed by atoms with van der Waals surface area (Å²) in [4.78, 5) is 32.7. The summed E-state index contributed by atoms with van der Waals surface area (Å²) < 4.78 is 7.93. The Balaban J connectivity index is 1.83. The van der Waals surface area contributed by atoms with Crippen molar-refractivity contribution in [2.45, 2.75) is 20.8 Å². The average Bonchev–Trinajstić information content (AvgIpc) is 2.98. The maximum absolute atomic E-state index is 13.3. The molecule has 1 amide bonds. The molecule has 31 heavy (non-hydrogen) atoms. The van der Waals surface area contributed by atoms with Crippen molar-refractivity contribution in [3.8, 4) is 11.6 Å². The molecule has 0 bridgehead atoms. The van der Waals surface area contributed by atoms with Gasteiger partial charge in [-0.15, -0.1) is 0 Å². The molecule has 0 spiro atoms. The van der Waals surface area contributed by atoms with Gasteiger partial charge in [-0.1, -0.05) is 56.0 Å². The van der Waals surface area contributed by atoms with Crippen LogP contribution < -0.4 is 10.3 Å². The number of rotatable bonds is 5. The number of hydrogen-bond acceptors (Lipinski definition) is 6. The van der Waals surface area contributed by atoms with E-state index in [0.29, 0.717) is 27.2 Å². The number of fused-ring (bicyclic) bond motifs is 1. The molecular formula is C23H21N3O3S2. The number of nitrogens with zero attached hydrogens (tertiary/aromatic N) is 3. The number of hydrogen-bond donors (Lipinski definition) is 0. The molecule has 0 radical (unpaired) electrons. The Morgan fingerprint density at radius 2 is 2.00 bits per heavy atom.